The van der Waals surface area contributed by atoms with Crippen LogP contribution in [0.1, 0.15) is 30.3 Å². The van der Waals surface area contributed by atoms with E-state index in [4.69, 9.17) is 0 Å². The lowest BCUT2D eigenvalue weighted by atomic mass is 9.99. The lowest BCUT2D eigenvalue weighted by Crippen LogP contribution is -2.32. The van der Waals surface area contributed by atoms with Crippen LogP contribution in [0, 0.1) is 5.92 Å². The van der Waals surface area contributed by atoms with Gasteiger partial charge in [-0.1, -0.05) is 25.1 Å². The minimum atomic E-state index is -0.327. The van der Waals surface area contributed by atoms with Gasteiger partial charge in [-0.25, -0.2) is 4.68 Å². The summed E-state index contributed by atoms with van der Waals surface area (Å²) in [6, 6.07) is 14.9. The van der Waals surface area contributed by atoms with Crippen LogP contribution in [0.5, 0.6) is 0 Å². The fraction of sp³-hybridized carbons (Fsp3) is 0.318. The molecule has 1 saturated heterocycles. The van der Waals surface area contributed by atoms with Gasteiger partial charge in [0.1, 0.15) is 0 Å². The van der Waals surface area contributed by atoms with Crippen molar-refractivity contribution in [3.63, 3.8) is 0 Å². The lowest BCUT2D eigenvalue weighted by molar-refractivity contribution is 0.102. The van der Waals surface area contributed by atoms with Gasteiger partial charge >= 0.3 is 0 Å². The largest absolute Gasteiger partial charge is 0.372 e. The number of anilines is 2. The smallest absolute Gasteiger partial charge is 0.276 e. The van der Waals surface area contributed by atoms with Gasteiger partial charge in [-0.2, -0.15) is 5.10 Å². The van der Waals surface area contributed by atoms with Crippen molar-refractivity contribution in [1.82, 2.24) is 9.78 Å². The molecule has 1 aromatic heterocycles. The second-order valence-corrected chi connectivity index (χ2v) is 7.49. The third-order valence-corrected chi connectivity index (χ3v) is 5.45. The SMILES string of the molecule is CC1CCN(c2ccc(NC(=O)c3nn(C)c(=O)c4ccccc34)cc2)CC1. The summed E-state index contributed by atoms with van der Waals surface area (Å²) in [4.78, 5) is 27.4. The van der Waals surface area contributed by atoms with Gasteiger partial charge in [0.2, 0.25) is 0 Å². The molecular formula is C22H24N4O2. The molecule has 0 radical (unpaired) electrons. The maximum absolute atomic E-state index is 12.8. The highest BCUT2D eigenvalue weighted by atomic mass is 16.2. The molecule has 0 saturated carbocycles. The number of nitrogens with zero attached hydrogens (tertiary/aromatic N) is 3. The summed E-state index contributed by atoms with van der Waals surface area (Å²) < 4.78 is 1.21. The molecule has 0 aliphatic carbocycles. The molecule has 4 rings (SSSR count). The highest BCUT2D eigenvalue weighted by molar-refractivity contribution is 6.11. The monoisotopic (exact) mass is 376 g/mol. The second kappa shape index (κ2) is 7.46. The standard InChI is InChI=1S/C22H24N4O2/c1-15-11-13-26(14-12-15)17-9-7-16(8-10-17)23-21(27)20-18-5-3-4-6-19(18)22(28)25(2)24-20/h3-10,15H,11-14H2,1-2H3,(H,23,27). The minimum Gasteiger partial charge on any atom is -0.372 e. The van der Waals surface area contributed by atoms with Crippen molar-refractivity contribution in [2.45, 2.75) is 19.8 Å². The molecule has 1 amide bonds. The maximum atomic E-state index is 12.8. The normalized spacial score (nSPS) is 15.0. The van der Waals surface area contributed by atoms with Crippen LogP contribution < -0.4 is 15.8 Å². The molecular weight excluding hydrogens is 352 g/mol. The molecule has 0 unspecified atom stereocenters. The van der Waals surface area contributed by atoms with Gasteiger partial charge in [0.05, 0.1) is 5.39 Å². The number of rotatable bonds is 3. The zero-order valence-corrected chi connectivity index (χ0v) is 16.2. The number of carbonyl (C=O) groups is 1. The highest BCUT2D eigenvalue weighted by Gasteiger charge is 2.17. The number of aryl methyl sites for hydroxylation is 1. The average Bonchev–Trinajstić information content (AvgIpc) is 2.72. The Morgan fingerprint density at radius 1 is 1.04 bits per heavy atom. The number of carbonyl (C=O) groups excluding carboxylic acids is 1. The molecule has 0 bridgehead atoms. The van der Waals surface area contributed by atoms with E-state index in [1.807, 2.05) is 24.3 Å². The molecule has 1 aliphatic heterocycles. The Morgan fingerprint density at radius 2 is 1.68 bits per heavy atom. The fourth-order valence-corrected chi connectivity index (χ4v) is 3.68. The first kappa shape index (κ1) is 18.2. The Bertz CT molecular complexity index is 1060. The predicted octanol–water partition coefficient (Wildman–Crippen LogP) is 3.42. The van der Waals surface area contributed by atoms with Crippen molar-refractivity contribution < 1.29 is 4.79 Å². The zero-order chi connectivity index (χ0) is 19.7. The number of hydrogen-bond donors (Lipinski definition) is 1. The molecule has 3 aromatic rings. The molecule has 0 spiro atoms. The van der Waals surface area contributed by atoms with E-state index in [2.05, 4.69) is 22.2 Å². The lowest BCUT2D eigenvalue weighted by Gasteiger charge is -2.32. The number of piperidine rings is 1. The summed E-state index contributed by atoms with van der Waals surface area (Å²) in [6.45, 7) is 4.44. The van der Waals surface area contributed by atoms with Gasteiger partial charge in [0, 0.05) is 36.9 Å². The fourth-order valence-electron chi connectivity index (χ4n) is 3.68. The number of hydrogen-bond acceptors (Lipinski definition) is 4. The van der Waals surface area contributed by atoms with E-state index in [1.54, 1.807) is 31.3 Å². The van der Waals surface area contributed by atoms with E-state index < -0.39 is 0 Å². The van der Waals surface area contributed by atoms with Crippen LogP contribution >= 0.6 is 0 Å². The van der Waals surface area contributed by atoms with Crippen molar-refractivity contribution in [1.29, 1.82) is 0 Å². The van der Waals surface area contributed by atoms with E-state index in [0.29, 0.717) is 16.5 Å². The van der Waals surface area contributed by atoms with E-state index >= 15 is 0 Å². The molecule has 1 aliphatic rings. The number of benzene rings is 2. The van der Waals surface area contributed by atoms with Crippen LogP contribution in [0.2, 0.25) is 0 Å². The third kappa shape index (κ3) is 3.50. The molecule has 1 fully saturated rings. The molecule has 2 heterocycles. The molecule has 0 atom stereocenters. The van der Waals surface area contributed by atoms with E-state index in [9.17, 15) is 9.59 Å². The highest BCUT2D eigenvalue weighted by Crippen LogP contribution is 2.24. The average molecular weight is 376 g/mol. The minimum absolute atomic E-state index is 0.215. The van der Waals surface area contributed by atoms with E-state index in [-0.39, 0.29) is 17.2 Å². The molecule has 28 heavy (non-hydrogen) atoms. The van der Waals surface area contributed by atoms with Gasteiger partial charge in [-0.15, -0.1) is 0 Å². The van der Waals surface area contributed by atoms with Crippen molar-refractivity contribution in [3.8, 4) is 0 Å². The van der Waals surface area contributed by atoms with Crippen LogP contribution in [-0.4, -0.2) is 28.8 Å². The summed E-state index contributed by atoms with van der Waals surface area (Å²) in [5.74, 6) is 0.463. The Balaban J connectivity index is 1.55. The Hall–Kier alpha value is -3.15. The number of fused-ring (bicyclic) bond motifs is 1. The second-order valence-electron chi connectivity index (χ2n) is 7.49. The van der Waals surface area contributed by atoms with Crippen molar-refractivity contribution >= 4 is 28.1 Å². The van der Waals surface area contributed by atoms with Crippen LogP contribution in [0.4, 0.5) is 11.4 Å². The summed E-state index contributed by atoms with van der Waals surface area (Å²) >= 11 is 0. The van der Waals surface area contributed by atoms with Crippen LogP contribution in [0.15, 0.2) is 53.3 Å². The van der Waals surface area contributed by atoms with E-state index in [0.717, 1.165) is 19.0 Å². The summed E-state index contributed by atoms with van der Waals surface area (Å²) in [5.41, 5.74) is 1.91. The van der Waals surface area contributed by atoms with Gasteiger partial charge < -0.3 is 10.2 Å². The van der Waals surface area contributed by atoms with Crippen LogP contribution in [0.25, 0.3) is 10.8 Å². The summed E-state index contributed by atoms with van der Waals surface area (Å²) in [7, 11) is 1.56. The topological polar surface area (TPSA) is 67.2 Å². The van der Waals surface area contributed by atoms with Crippen molar-refractivity contribution in [2.75, 3.05) is 23.3 Å². The van der Waals surface area contributed by atoms with Crippen LogP contribution in [-0.2, 0) is 7.05 Å². The molecule has 2 aromatic carbocycles. The number of aromatic nitrogens is 2. The van der Waals surface area contributed by atoms with Crippen molar-refractivity contribution in [3.05, 3.63) is 64.6 Å². The maximum Gasteiger partial charge on any atom is 0.276 e. The third-order valence-electron chi connectivity index (χ3n) is 5.45. The Morgan fingerprint density at radius 3 is 2.36 bits per heavy atom. The van der Waals surface area contributed by atoms with Gasteiger partial charge in [-0.05, 0) is 49.1 Å². The van der Waals surface area contributed by atoms with Crippen molar-refractivity contribution in [2.24, 2.45) is 13.0 Å². The number of amides is 1. The Labute approximate surface area is 163 Å². The zero-order valence-electron chi connectivity index (χ0n) is 16.2. The molecule has 144 valence electrons. The predicted molar refractivity (Wildman–Crippen MR) is 112 cm³/mol. The van der Waals surface area contributed by atoms with E-state index in [1.165, 1.54) is 23.2 Å². The Kier molecular flexibility index (Phi) is 4.86. The molecule has 1 N–H and O–H groups in total. The summed E-state index contributed by atoms with van der Waals surface area (Å²) in [6.07, 6.45) is 2.42. The first-order valence-corrected chi connectivity index (χ1v) is 9.65. The van der Waals surface area contributed by atoms with Crippen LogP contribution in [0.3, 0.4) is 0 Å². The van der Waals surface area contributed by atoms with Gasteiger partial charge in [-0.3, -0.25) is 9.59 Å². The number of nitrogens with one attached hydrogen (secondary N) is 1. The van der Waals surface area contributed by atoms with Gasteiger partial charge in [0.15, 0.2) is 5.69 Å². The first-order valence-electron chi connectivity index (χ1n) is 9.65. The first-order chi connectivity index (χ1) is 13.5. The molecule has 6 heteroatoms. The molecule has 6 nitrogen and oxygen atoms in total. The van der Waals surface area contributed by atoms with Gasteiger partial charge in [0.25, 0.3) is 11.5 Å². The quantitative estimate of drug-likeness (QED) is 0.761. The summed E-state index contributed by atoms with van der Waals surface area (Å²) in [5, 5.41) is 8.12.